The topological polar surface area (TPSA) is 95.6 Å². The minimum Gasteiger partial charge on any atom is -0.324 e. The van der Waals surface area contributed by atoms with Crippen LogP contribution >= 0.6 is 11.8 Å². The number of thioether (sulfide) groups is 1. The Hall–Kier alpha value is -2.36. The minimum absolute atomic E-state index is 0.102. The van der Waals surface area contributed by atoms with Crippen LogP contribution in [-0.2, 0) is 14.8 Å². The largest absolute Gasteiger partial charge is 0.324 e. The molecule has 3 rings (SSSR count). The van der Waals surface area contributed by atoms with Crippen LogP contribution in [0.3, 0.4) is 0 Å². The van der Waals surface area contributed by atoms with Gasteiger partial charge < -0.3 is 10.6 Å². The number of nitrogens with one attached hydrogen (secondary N) is 2. The summed E-state index contributed by atoms with van der Waals surface area (Å²) < 4.78 is 27.2. The van der Waals surface area contributed by atoms with Gasteiger partial charge in [-0.15, -0.1) is 11.8 Å². The van der Waals surface area contributed by atoms with Crippen molar-refractivity contribution in [1.82, 2.24) is 4.31 Å². The predicted molar refractivity (Wildman–Crippen MR) is 120 cm³/mol. The van der Waals surface area contributed by atoms with Crippen LogP contribution in [0.5, 0.6) is 0 Å². The van der Waals surface area contributed by atoms with Crippen molar-refractivity contribution in [3.8, 4) is 0 Å². The molecule has 2 N–H and O–H groups in total. The molecule has 0 radical (unpaired) electrons. The lowest BCUT2D eigenvalue weighted by Crippen LogP contribution is -2.31. The maximum Gasteiger partial charge on any atom is 0.255 e. The summed E-state index contributed by atoms with van der Waals surface area (Å²) in [5, 5.41) is 5.38. The molecular weight excluding hydrogens is 422 g/mol. The van der Waals surface area contributed by atoms with Crippen molar-refractivity contribution in [2.75, 3.05) is 23.7 Å². The fraction of sp³-hybridized carbons (Fsp3) is 0.333. The summed E-state index contributed by atoms with van der Waals surface area (Å²) in [5.41, 5.74) is 1.98. The average Bonchev–Trinajstić information content (AvgIpc) is 2.70. The number of nitrogens with zero attached hydrogens (tertiary/aromatic N) is 1. The summed E-state index contributed by atoms with van der Waals surface area (Å²) in [6, 6.07) is 9.95. The Morgan fingerprint density at radius 3 is 2.53 bits per heavy atom. The number of hydrogen-bond donors (Lipinski definition) is 2. The first-order valence-electron chi connectivity index (χ1n) is 9.71. The van der Waals surface area contributed by atoms with Crippen molar-refractivity contribution >= 4 is 45.0 Å². The van der Waals surface area contributed by atoms with Gasteiger partial charge in [0.2, 0.25) is 15.9 Å². The molecule has 9 heteroatoms. The molecule has 2 aromatic carbocycles. The maximum atomic E-state index is 12.9. The standard InChI is InChI=1S/C21H25N3O4S2/c1-5-24(6-2)30(27,28)19-12-16(9-7-13(19)3)22-21(26)15-8-10-18-17(11-15)23-20(25)14(4)29-18/h7-12,14H,5-6H2,1-4H3,(H,22,26)(H,23,25)/t14-/m1/s1. The number of fused-ring (bicyclic) bond motifs is 1. The number of anilines is 2. The minimum atomic E-state index is -3.65. The summed E-state index contributed by atoms with van der Waals surface area (Å²) in [7, 11) is -3.65. The summed E-state index contributed by atoms with van der Waals surface area (Å²) in [6.07, 6.45) is 0. The van der Waals surface area contributed by atoms with Crippen LogP contribution in [0.2, 0.25) is 0 Å². The van der Waals surface area contributed by atoms with Gasteiger partial charge in [0, 0.05) is 29.2 Å². The quantitative estimate of drug-likeness (QED) is 0.704. The van der Waals surface area contributed by atoms with E-state index in [0.29, 0.717) is 35.6 Å². The molecule has 0 aliphatic carbocycles. The van der Waals surface area contributed by atoms with Gasteiger partial charge in [-0.2, -0.15) is 4.31 Å². The Balaban J connectivity index is 1.86. The molecular formula is C21H25N3O4S2. The Labute approximate surface area is 181 Å². The highest BCUT2D eigenvalue weighted by atomic mass is 32.2. The average molecular weight is 448 g/mol. The molecule has 7 nitrogen and oxygen atoms in total. The first kappa shape index (κ1) is 22.3. The highest BCUT2D eigenvalue weighted by Gasteiger charge is 2.25. The van der Waals surface area contributed by atoms with Crippen molar-refractivity contribution in [1.29, 1.82) is 0 Å². The van der Waals surface area contributed by atoms with Crippen molar-refractivity contribution < 1.29 is 18.0 Å². The van der Waals surface area contributed by atoms with Crippen LogP contribution in [0, 0.1) is 6.92 Å². The van der Waals surface area contributed by atoms with Crippen molar-refractivity contribution in [2.45, 2.75) is 42.7 Å². The highest BCUT2D eigenvalue weighted by Crippen LogP contribution is 2.36. The number of carbonyl (C=O) groups is 2. The molecule has 1 heterocycles. The van der Waals surface area contributed by atoms with Gasteiger partial charge in [-0.3, -0.25) is 9.59 Å². The second kappa shape index (κ2) is 8.79. The van der Waals surface area contributed by atoms with Crippen LogP contribution in [0.1, 0.15) is 36.7 Å². The Morgan fingerprint density at radius 1 is 1.17 bits per heavy atom. The van der Waals surface area contributed by atoms with Gasteiger partial charge in [0.1, 0.15) is 0 Å². The number of benzene rings is 2. The van der Waals surface area contributed by atoms with E-state index in [4.69, 9.17) is 0 Å². The van der Waals surface area contributed by atoms with Gasteiger partial charge in [-0.05, 0) is 49.7 Å². The third-order valence-corrected chi connectivity index (χ3v) is 8.31. The molecule has 0 saturated carbocycles. The second-order valence-electron chi connectivity index (χ2n) is 6.98. The molecule has 2 amide bonds. The summed E-state index contributed by atoms with van der Waals surface area (Å²) >= 11 is 1.44. The molecule has 160 valence electrons. The van der Waals surface area contributed by atoms with Crippen molar-refractivity contribution in [3.63, 3.8) is 0 Å². The van der Waals surface area contributed by atoms with Gasteiger partial charge in [0.15, 0.2) is 0 Å². The number of hydrogen-bond acceptors (Lipinski definition) is 5. The molecule has 0 fully saturated rings. The predicted octanol–water partition coefficient (Wildman–Crippen LogP) is 3.71. The summed E-state index contributed by atoms with van der Waals surface area (Å²) in [6.45, 7) is 7.86. The third-order valence-electron chi connectivity index (χ3n) is 4.94. The normalized spacial score (nSPS) is 16.2. The summed E-state index contributed by atoms with van der Waals surface area (Å²) in [4.78, 5) is 25.7. The molecule has 1 aliphatic rings. The zero-order chi connectivity index (χ0) is 22.1. The Kier molecular flexibility index (Phi) is 6.54. The molecule has 0 aromatic heterocycles. The van der Waals surface area contributed by atoms with E-state index in [1.807, 2.05) is 6.92 Å². The number of aryl methyl sites for hydroxylation is 1. The first-order chi connectivity index (χ1) is 14.2. The SMILES string of the molecule is CCN(CC)S(=O)(=O)c1cc(NC(=O)c2ccc3c(c2)NC(=O)[C@@H](C)S3)ccc1C. The fourth-order valence-electron chi connectivity index (χ4n) is 3.21. The van der Waals surface area contributed by atoms with Crippen LogP contribution in [-0.4, -0.2) is 42.9 Å². The zero-order valence-corrected chi connectivity index (χ0v) is 19.0. The fourth-order valence-corrected chi connectivity index (χ4v) is 5.85. The van der Waals surface area contributed by atoms with E-state index in [0.717, 1.165) is 4.90 Å². The van der Waals surface area contributed by atoms with Crippen molar-refractivity contribution in [3.05, 3.63) is 47.5 Å². The maximum absolute atomic E-state index is 12.9. The number of sulfonamides is 1. The van der Waals surface area contributed by atoms with Gasteiger partial charge in [-0.1, -0.05) is 19.9 Å². The number of amides is 2. The van der Waals surface area contributed by atoms with E-state index in [1.165, 1.54) is 22.1 Å². The zero-order valence-electron chi connectivity index (χ0n) is 17.4. The second-order valence-corrected chi connectivity index (χ2v) is 10.3. The lowest BCUT2D eigenvalue weighted by molar-refractivity contribution is -0.115. The molecule has 2 aromatic rings. The van der Waals surface area contributed by atoms with E-state index in [2.05, 4.69) is 10.6 Å². The van der Waals surface area contributed by atoms with Crippen LogP contribution in [0.25, 0.3) is 0 Å². The molecule has 0 saturated heterocycles. The molecule has 30 heavy (non-hydrogen) atoms. The van der Waals surface area contributed by atoms with E-state index < -0.39 is 10.0 Å². The smallest absolute Gasteiger partial charge is 0.255 e. The highest BCUT2D eigenvalue weighted by molar-refractivity contribution is 8.01. The van der Waals surface area contributed by atoms with Crippen LogP contribution < -0.4 is 10.6 Å². The first-order valence-corrected chi connectivity index (χ1v) is 12.0. The van der Waals surface area contributed by atoms with Crippen molar-refractivity contribution in [2.24, 2.45) is 0 Å². The summed E-state index contributed by atoms with van der Waals surface area (Å²) in [5.74, 6) is -0.486. The van der Waals surface area contributed by atoms with E-state index >= 15 is 0 Å². The molecule has 0 unspecified atom stereocenters. The number of carbonyl (C=O) groups excluding carboxylic acids is 2. The monoisotopic (exact) mass is 447 g/mol. The van der Waals surface area contributed by atoms with Gasteiger partial charge in [-0.25, -0.2) is 8.42 Å². The van der Waals surface area contributed by atoms with Crippen LogP contribution in [0.15, 0.2) is 46.2 Å². The Bertz CT molecular complexity index is 1100. The molecule has 0 spiro atoms. The number of rotatable bonds is 6. The van der Waals surface area contributed by atoms with Gasteiger partial charge in [0.05, 0.1) is 15.8 Å². The van der Waals surface area contributed by atoms with Gasteiger partial charge in [0.25, 0.3) is 5.91 Å². The van der Waals surface area contributed by atoms with Gasteiger partial charge >= 0.3 is 0 Å². The lowest BCUT2D eigenvalue weighted by atomic mass is 10.1. The molecule has 1 atom stereocenters. The van der Waals surface area contributed by atoms with E-state index in [-0.39, 0.29) is 22.0 Å². The molecule has 1 aliphatic heterocycles. The van der Waals surface area contributed by atoms with E-state index in [1.54, 1.807) is 51.1 Å². The molecule has 0 bridgehead atoms. The van der Waals surface area contributed by atoms with Crippen LogP contribution in [0.4, 0.5) is 11.4 Å². The lowest BCUT2D eigenvalue weighted by Gasteiger charge is -2.22. The third kappa shape index (κ3) is 4.38. The van der Waals surface area contributed by atoms with E-state index in [9.17, 15) is 18.0 Å². The Morgan fingerprint density at radius 2 is 1.87 bits per heavy atom.